The van der Waals surface area contributed by atoms with Crippen molar-refractivity contribution in [3.63, 3.8) is 0 Å². The SMILES string of the molecule is CCc1ccc(-c2csc(NC(=O)COc3ccc(Br)cc3Br)c2C(=O)OC)cc1. The number of hydrogen-bond acceptors (Lipinski definition) is 5. The minimum absolute atomic E-state index is 0.195. The molecule has 0 bridgehead atoms. The van der Waals surface area contributed by atoms with Gasteiger partial charge in [0.25, 0.3) is 5.91 Å². The summed E-state index contributed by atoms with van der Waals surface area (Å²) >= 11 is 8.04. The number of aryl methyl sites for hydroxylation is 1. The normalized spacial score (nSPS) is 10.5. The molecule has 0 fully saturated rings. The van der Waals surface area contributed by atoms with Gasteiger partial charge in [0.2, 0.25) is 0 Å². The van der Waals surface area contributed by atoms with Crippen molar-refractivity contribution >= 4 is 60.1 Å². The highest BCUT2D eigenvalue weighted by molar-refractivity contribution is 9.11. The number of benzene rings is 2. The van der Waals surface area contributed by atoms with E-state index in [0.717, 1.165) is 26.5 Å². The summed E-state index contributed by atoms with van der Waals surface area (Å²) in [7, 11) is 1.32. The van der Waals surface area contributed by atoms with E-state index in [1.54, 1.807) is 6.07 Å². The molecule has 0 aliphatic heterocycles. The molecule has 0 saturated carbocycles. The van der Waals surface area contributed by atoms with E-state index in [0.29, 0.717) is 16.3 Å². The Morgan fingerprint density at radius 1 is 1.10 bits per heavy atom. The summed E-state index contributed by atoms with van der Waals surface area (Å²) in [6, 6.07) is 13.4. The molecule has 1 heterocycles. The number of methoxy groups -OCH3 is 1. The molecule has 0 saturated heterocycles. The highest BCUT2D eigenvalue weighted by Gasteiger charge is 2.22. The van der Waals surface area contributed by atoms with Gasteiger partial charge < -0.3 is 14.8 Å². The molecule has 1 aromatic heterocycles. The van der Waals surface area contributed by atoms with Crippen LogP contribution in [0.4, 0.5) is 5.00 Å². The second-order valence-electron chi connectivity index (χ2n) is 6.31. The molecule has 5 nitrogen and oxygen atoms in total. The van der Waals surface area contributed by atoms with Gasteiger partial charge in [-0.3, -0.25) is 4.79 Å². The van der Waals surface area contributed by atoms with Crippen LogP contribution in [0.3, 0.4) is 0 Å². The van der Waals surface area contributed by atoms with Gasteiger partial charge in [0, 0.05) is 15.4 Å². The molecule has 0 spiro atoms. The van der Waals surface area contributed by atoms with Gasteiger partial charge >= 0.3 is 5.97 Å². The Morgan fingerprint density at radius 2 is 1.83 bits per heavy atom. The predicted molar refractivity (Wildman–Crippen MR) is 126 cm³/mol. The molecule has 0 unspecified atom stereocenters. The monoisotopic (exact) mass is 551 g/mol. The molecule has 0 aliphatic carbocycles. The highest BCUT2D eigenvalue weighted by Crippen LogP contribution is 2.36. The zero-order valence-corrected chi connectivity index (χ0v) is 20.3. The van der Waals surface area contributed by atoms with Gasteiger partial charge in [-0.1, -0.05) is 47.1 Å². The summed E-state index contributed by atoms with van der Waals surface area (Å²) < 4.78 is 12.2. The van der Waals surface area contributed by atoms with Crippen LogP contribution in [0.5, 0.6) is 5.75 Å². The fourth-order valence-electron chi connectivity index (χ4n) is 2.79. The molecule has 156 valence electrons. The molecular weight excluding hydrogens is 534 g/mol. The van der Waals surface area contributed by atoms with Gasteiger partial charge in [0.15, 0.2) is 6.61 Å². The number of carbonyl (C=O) groups is 2. The third-order valence-electron chi connectivity index (χ3n) is 4.36. The van der Waals surface area contributed by atoms with Crippen LogP contribution in [0, 0.1) is 0 Å². The Kier molecular flexibility index (Phi) is 7.69. The summed E-state index contributed by atoms with van der Waals surface area (Å²) in [5.41, 5.74) is 3.16. The zero-order valence-electron chi connectivity index (χ0n) is 16.3. The molecule has 1 N–H and O–H groups in total. The van der Waals surface area contributed by atoms with E-state index < -0.39 is 5.97 Å². The summed E-state index contributed by atoms with van der Waals surface area (Å²) in [5, 5.41) is 5.04. The van der Waals surface area contributed by atoms with Crippen LogP contribution in [0.2, 0.25) is 0 Å². The van der Waals surface area contributed by atoms with E-state index in [2.05, 4.69) is 44.1 Å². The Balaban J connectivity index is 1.78. The number of thiophene rings is 1. The van der Waals surface area contributed by atoms with Gasteiger partial charge in [0.1, 0.15) is 16.3 Å². The van der Waals surface area contributed by atoms with Crippen molar-refractivity contribution in [1.82, 2.24) is 0 Å². The minimum atomic E-state index is -0.502. The second kappa shape index (κ2) is 10.2. The molecule has 1 amide bonds. The summed E-state index contributed by atoms with van der Waals surface area (Å²) in [6.45, 7) is 1.89. The fraction of sp³-hybridized carbons (Fsp3) is 0.182. The third-order valence-corrected chi connectivity index (χ3v) is 6.37. The number of amides is 1. The number of carbonyl (C=O) groups excluding carboxylic acids is 2. The van der Waals surface area contributed by atoms with Crippen LogP contribution < -0.4 is 10.1 Å². The first-order valence-corrected chi connectivity index (χ1v) is 11.6. The first kappa shape index (κ1) is 22.5. The maximum absolute atomic E-state index is 12.5. The first-order valence-electron chi connectivity index (χ1n) is 9.09. The van der Waals surface area contributed by atoms with Gasteiger partial charge in [-0.05, 0) is 51.7 Å². The van der Waals surface area contributed by atoms with Gasteiger partial charge in [-0.25, -0.2) is 4.79 Å². The molecule has 30 heavy (non-hydrogen) atoms. The number of rotatable bonds is 7. The molecule has 0 radical (unpaired) electrons. The van der Waals surface area contributed by atoms with Crippen LogP contribution in [-0.2, 0) is 16.0 Å². The van der Waals surface area contributed by atoms with E-state index in [1.807, 2.05) is 41.8 Å². The largest absolute Gasteiger partial charge is 0.483 e. The van der Waals surface area contributed by atoms with Crippen molar-refractivity contribution in [2.75, 3.05) is 19.0 Å². The number of ether oxygens (including phenoxy) is 2. The van der Waals surface area contributed by atoms with Crippen LogP contribution in [0.15, 0.2) is 56.8 Å². The van der Waals surface area contributed by atoms with E-state index in [1.165, 1.54) is 24.0 Å². The lowest BCUT2D eigenvalue weighted by molar-refractivity contribution is -0.118. The van der Waals surface area contributed by atoms with Crippen molar-refractivity contribution in [2.24, 2.45) is 0 Å². The minimum Gasteiger partial charge on any atom is -0.483 e. The van der Waals surface area contributed by atoms with Gasteiger partial charge in [0.05, 0.1) is 11.6 Å². The average molecular weight is 553 g/mol. The summed E-state index contributed by atoms with van der Waals surface area (Å²) in [6.07, 6.45) is 0.934. The molecular formula is C22H19Br2NO4S. The number of hydrogen-bond donors (Lipinski definition) is 1. The number of halogens is 2. The fourth-order valence-corrected chi connectivity index (χ4v) is 4.92. The lowest BCUT2D eigenvalue weighted by atomic mass is 10.0. The molecule has 2 aromatic carbocycles. The zero-order chi connectivity index (χ0) is 21.7. The average Bonchev–Trinajstić information content (AvgIpc) is 3.16. The Bertz CT molecular complexity index is 1060. The van der Waals surface area contributed by atoms with E-state index in [4.69, 9.17) is 9.47 Å². The predicted octanol–water partition coefficient (Wildman–Crippen LogP) is 6.31. The Hall–Kier alpha value is -2.16. The van der Waals surface area contributed by atoms with Crippen LogP contribution in [0.1, 0.15) is 22.8 Å². The van der Waals surface area contributed by atoms with Crippen LogP contribution in [-0.4, -0.2) is 25.6 Å². The first-order chi connectivity index (χ1) is 14.4. The van der Waals surface area contributed by atoms with Crippen molar-refractivity contribution in [2.45, 2.75) is 13.3 Å². The Morgan fingerprint density at radius 3 is 2.47 bits per heavy atom. The smallest absolute Gasteiger partial charge is 0.341 e. The quantitative estimate of drug-likeness (QED) is 0.349. The van der Waals surface area contributed by atoms with Crippen LogP contribution >= 0.6 is 43.2 Å². The van der Waals surface area contributed by atoms with E-state index in [-0.39, 0.29) is 12.5 Å². The summed E-state index contributed by atoms with van der Waals surface area (Å²) in [4.78, 5) is 24.9. The topological polar surface area (TPSA) is 64.6 Å². The molecule has 3 aromatic rings. The lowest BCUT2D eigenvalue weighted by Gasteiger charge is -2.10. The standard InChI is InChI=1S/C22H19Br2NO4S/c1-3-13-4-6-14(7-5-13)16-12-30-21(20(16)22(27)28-2)25-19(26)11-29-18-9-8-15(23)10-17(18)24/h4-10,12H,3,11H2,1-2H3,(H,25,26). The van der Waals surface area contributed by atoms with Crippen molar-refractivity contribution in [3.05, 3.63) is 67.9 Å². The lowest BCUT2D eigenvalue weighted by Crippen LogP contribution is -2.21. The number of nitrogens with one attached hydrogen (secondary N) is 1. The highest BCUT2D eigenvalue weighted by atomic mass is 79.9. The number of anilines is 1. The Labute approximate surface area is 195 Å². The molecule has 0 atom stereocenters. The van der Waals surface area contributed by atoms with E-state index in [9.17, 15) is 9.59 Å². The molecule has 3 rings (SSSR count). The van der Waals surface area contributed by atoms with Gasteiger partial charge in [-0.15, -0.1) is 11.3 Å². The third kappa shape index (κ3) is 5.30. The maximum Gasteiger partial charge on any atom is 0.341 e. The molecule has 8 heteroatoms. The second-order valence-corrected chi connectivity index (χ2v) is 8.96. The van der Waals surface area contributed by atoms with Crippen molar-refractivity contribution in [3.8, 4) is 16.9 Å². The van der Waals surface area contributed by atoms with E-state index >= 15 is 0 Å². The molecule has 0 aliphatic rings. The van der Waals surface area contributed by atoms with Gasteiger partial charge in [-0.2, -0.15) is 0 Å². The van der Waals surface area contributed by atoms with Crippen molar-refractivity contribution < 1.29 is 19.1 Å². The maximum atomic E-state index is 12.5. The summed E-state index contributed by atoms with van der Waals surface area (Å²) in [5.74, 6) is -0.327. The number of esters is 1. The van der Waals surface area contributed by atoms with Crippen molar-refractivity contribution in [1.29, 1.82) is 0 Å². The van der Waals surface area contributed by atoms with Crippen LogP contribution in [0.25, 0.3) is 11.1 Å².